The summed E-state index contributed by atoms with van der Waals surface area (Å²) >= 11 is 0. The number of rotatable bonds is 3. The monoisotopic (exact) mass is 314 g/mol. The van der Waals surface area contributed by atoms with Crippen LogP contribution in [0.25, 0.3) is 0 Å². The van der Waals surface area contributed by atoms with Crippen molar-refractivity contribution in [2.24, 2.45) is 0 Å². The summed E-state index contributed by atoms with van der Waals surface area (Å²) < 4.78 is 0. The number of hydrogen-bond donors (Lipinski definition) is 0. The molecule has 0 aliphatic carbocycles. The second kappa shape index (κ2) is 17.4. The molecule has 96 valence electrons. The van der Waals surface area contributed by atoms with Crippen LogP contribution in [0, 0.1) is 0 Å². The molecule has 0 bridgehead atoms. The Balaban J connectivity index is -0.0000000667. The third kappa shape index (κ3) is 13.0. The fourth-order valence-electron chi connectivity index (χ4n) is 1.10. The summed E-state index contributed by atoms with van der Waals surface area (Å²) in [5, 5.41) is 0. The predicted molar refractivity (Wildman–Crippen MR) is 82.3 cm³/mol. The van der Waals surface area contributed by atoms with E-state index in [2.05, 4.69) is 36.2 Å². The fourth-order valence-corrected chi connectivity index (χ4v) is 1.10. The maximum absolute atomic E-state index is 2.34. The zero-order valence-electron chi connectivity index (χ0n) is 8.51. The van der Waals surface area contributed by atoms with Crippen LogP contribution < -0.4 is 0 Å². The lowest BCUT2D eigenvalue weighted by molar-refractivity contribution is 0.293. The maximum atomic E-state index is 2.34. The molecule has 0 aromatic heterocycles. The molecular formula is C8H23AlCl4N2. The van der Waals surface area contributed by atoms with E-state index < -0.39 is 0 Å². The third-order valence-corrected chi connectivity index (χ3v) is 1.74. The largest absolute Gasteiger partial charge is 0.362 e. The first-order valence-electron chi connectivity index (χ1n) is 3.95. The van der Waals surface area contributed by atoms with Crippen molar-refractivity contribution in [1.29, 1.82) is 0 Å². The highest BCUT2D eigenvalue weighted by Crippen LogP contribution is 2.04. The van der Waals surface area contributed by atoms with Gasteiger partial charge < -0.3 is 9.80 Å². The van der Waals surface area contributed by atoms with Crippen molar-refractivity contribution in [1.82, 2.24) is 9.80 Å². The van der Waals surface area contributed by atoms with Crippen LogP contribution in [-0.4, -0.2) is 47.4 Å². The van der Waals surface area contributed by atoms with Crippen molar-refractivity contribution in [2.45, 2.75) is 19.8 Å². The molecule has 0 spiro atoms. The number of unbranched alkanes of at least 4 members (excludes halogenated alkanes) is 1. The van der Waals surface area contributed by atoms with Crippen LogP contribution >= 0.6 is 49.6 Å². The van der Waals surface area contributed by atoms with Gasteiger partial charge >= 0.3 is 0 Å². The molecule has 0 fully saturated rings. The van der Waals surface area contributed by atoms with Crippen LogP contribution in [0.5, 0.6) is 0 Å². The lowest BCUT2D eigenvalue weighted by atomic mass is 10.3. The first-order valence-corrected chi connectivity index (χ1v) is 3.95. The van der Waals surface area contributed by atoms with Crippen LogP contribution in [0.4, 0.5) is 0 Å². The Labute approximate surface area is 129 Å². The first kappa shape index (κ1) is 29.8. The van der Waals surface area contributed by atoms with Crippen LogP contribution in [0.3, 0.4) is 0 Å². The molecule has 0 N–H and O–H groups in total. The Bertz CT molecular complexity index is 138. The molecule has 0 saturated carbocycles. The second-order valence-corrected chi connectivity index (χ2v) is 2.86. The Morgan fingerprint density at radius 3 is 1.93 bits per heavy atom. The van der Waals surface area contributed by atoms with Gasteiger partial charge in [0.05, 0.1) is 6.67 Å². The highest BCUT2D eigenvalue weighted by atomic mass is 35.5. The van der Waals surface area contributed by atoms with Gasteiger partial charge in [-0.2, -0.15) is 0 Å². The van der Waals surface area contributed by atoms with E-state index in [4.69, 9.17) is 0 Å². The molecule has 1 aliphatic rings. The standard InChI is InChI=1S/C8H16N2.Al.4ClH.3H/c1-3-4-5-10-7-6-9(2)8-10;;;;;;;;/h6-7H,3-5,8H2,1-2H3;;4*1H;;;. The molecule has 0 saturated heterocycles. The van der Waals surface area contributed by atoms with E-state index in [1.807, 2.05) is 0 Å². The summed E-state index contributed by atoms with van der Waals surface area (Å²) in [5.74, 6) is 0. The molecule has 2 nitrogen and oxygen atoms in total. The van der Waals surface area contributed by atoms with Crippen LogP contribution in [0.15, 0.2) is 12.4 Å². The topological polar surface area (TPSA) is 6.48 Å². The predicted octanol–water partition coefficient (Wildman–Crippen LogP) is 1.97. The summed E-state index contributed by atoms with van der Waals surface area (Å²) in [5.41, 5.74) is 0. The molecule has 0 aromatic carbocycles. The molecule has 1 aliphatic heterocycles. The molecule has 1 rings (SSSR count). The molecule has 0 amide bonds. The van der Waals surface area contributed by atoms with Crippen molar-refractivity contribution in [3.8, 4) is 0 Å². The van der Waals surface area contributed by atoms with Crippen LogP contribution in [0.2, 0.25) is 0 Å². The van der Waals surface area contributed by atoms with Gasteiger partial charge in [0.2, 0.25) is 0 Å². The highest BCUT2D eigenvalue weighted by molar-refractivity contribution is 5.86. The fraction of sp³-hybridized carbons (Fsp3) is 0.750. The van der Waals surface area contributed by atoms with Gasteiger partial charge in [-0.1, -0.05) is 13.3 Å². The van der Waals surface area contributed by atoms with E-state index in [0.29, 0.717) is 0 Å². The van der Waals surface area contributed by atoms with Gasteiger partial charge in [-0.15, -0.1) is 49.6 Å². The quantitative estimate of drug-likeness (QED) is 0.735. The van der Waals surface area contributed by atoms with Gasteiger partial charge in [-0.05, 0) is 6.42 Å². The summed E-state index contributed by atoms with van der Waals surface area (Å²) in [4.78, 5) is 4.53. The van der Waals surface area contributed by atoms with Crippen LogP contribution in [-0.2, 0) is 0 Å². The number of halogens is 4. The number of hydrogen-bond acceptors (Lipinski definition) is 2. The highest BCUT2D eigenvalue weighted by Gasteiger charge is 2.05. The van der Waals surface area contributed by atoms with Gasteiger partial charge in [0.1, 0.15) is 0 Å². The molecule has 0 unspecified atom stereocenters. The average Bonchev–Trinajstić information content (AvgIpc) is 2.31. The number of nitrogens with zero attached hydrogens (tertiary/aromatic N) is 2. The Morgan fingerprint density at radius 1 is 1.07 bits per heavy atom. The summed E-state index contributed by atoms with van der Waals surface area (Å²) in [6, 6.07) is 0. The Hall–Kier alpha value is 1.03. The minimum Gasteiger partial charge on any atom is -0.362 e. The van der Waals surface area contributed by atoms with Crippen molar-refractivity contribution < 1.29 is 0 Å². The molecule has 7 heteroatoms. The van der Waals surface area contributed by atoms with Crippen molar-refractivity contribution in [3.63, 3.8) is 0 Å². The minimum atomic E-state index is 0. The van der Waals surface area contributed by atoms with Gasteiger partial charge in [0.15, 0.2) is 17.4 Å². The SMILES string of the molecule is CCCCN1C=CN(C)C1.Cl.Cl.Cl.Cl.[AlH3]. The Morgan fingerprint density at radius 2 is 1.60 bits per heavy atom. The van der Waals surface area contributed by atoms with E-state index in [9.17, 15) is 0 Å². The maximum Gasteiger partial charge on any atom is 0.187 e. The summed E-state index contributed by atoms with van der Waals surface area (Å²) in [7, 11) is 2.10. The van der Waals surface area contributed by atoms with Gasteiger partial charge in [0, 0.05) is 26.0 Å². The zero-order chi connectivity index (χ0) is 7.40. The average molecular weight is 316 g/mol. The molecule has 0 atom stereocenters. The summed E-state index contributed by atoms with van der Waals surface area (Å²) in [6.45, 7) is 4.50. The second-order valence-electron chi connectivity index (χ2n) is 2.86. The van der Waals surface area contributed by atoms with Gasteiger partial charge in [0.25, 0.3) is 0 Å². The molecular weight excluding hydrogens is 293 g/mol. The normalized spacial score (nSPS) is 11.3. The zero-order valence-corrected chi connectivity index (χ0v) is 11.8. The molecule has 15 heavy (non-hydrogen) atoms. The smallest absolute Gasteiger partial charge is 0.187 e. The third-order valence-electron chi connectivity index (χ3n) is 1.74. The molecule has 0 aromatic rings. The van der Waals surface area contributed by atoms with E-state index >= 15 is 0 Å². The van der Waals surface area contributed by atoms with Crippen molar-refractivity contribution in [3.05, 3.63) is 12.4 Å². The van der Waals surface area contributed by atoms with E-state index in [1.165, 1.54) is 19.4 Å². The lowest BCUT2D eigenvalue weighted by Crippen LogP contribution is -2.23. The van der Waals surface area contributed by atoms with Crippen LogP contribution in [0.1, 0.15) is 19.8 Å². The minimum absolute atomic E-state index is 0. The molecule has 0 radical (unpaired) electrons. The Kier molecular flexibility index (Phi) is 34.6. The summed E-state index contributed by atoms with van der Waals surface area (Å²) in [6.07, 6.45) is 6.87. The first-order chi connectivity index (χ1) is 4.83. The van der Waals surface area contributed by atoms with Crippen molar-refractivity contribution >= 4 is 67.0 Å². The molecule has 1 heterocycles. The van der Waals surface area contributed by atoms with Crippen molar-refractivity contribution in [2.75, 3.05) is 20.3 Å². The lowest BCUT2D eigenvalue weighted by Gasteiger charge is -2.17. The van der Waals surface area contributed by atoms with E-state index in [-0.39, 0.29) is 67.0 Å². The van der Waals surface area contributed by atoms with E-state index in [0.717, 1.165) is 6.67 Å². The van der Waals surface area contributed by atoms with E-state index in [1.54, 1.807) is 0 Å². The van der Waals surface area contributed by atoms with Gasteiger partial charge in [-0.25, -0.2) is 0 Å². The van der Waals surface area contributed by atoms with Gasteiger partial charge in [-0.3, -0.25) is 0 Å².